The van der Waals surface area contributed by atoms with Crippen LogP contribution in [0.1, 0.15) is 0 Å². The SMILES string of the molecule is O=NCn1nnc([N+](=O)[O-])n1. The second-order valence-corrected chi connectivity index (χ2v) is 1.49. The molecule has 0 bridgehead atoms. The molecule has 0 fully saturated rings. The highest BCUT2D eigenvalue weighted by Crippen LogP contribution is 1.95. The summed E-state index contributed by atoms with van der Waals surface area (Å²) in [7, 11) is 0. The van der Waals surface area contributed by atoms with E-state index in [-0.39, 0.29) is 6.67 Å². The van der Waals surface area contributed by atoms with Crippen LogP contribution in [-0.2, 0) is 6.67 Å². The van der Waals surface area contributed by atoms with Crippen molar-refractivity contribution in [1.82, 2.24) is 20.2 Å². The highest BCUT2D eigenvalue weighted by molar-refractivity contribution is 4.92. The first kappa shape index (κ1) is 7.18. The number of nitroso groups, excluding NO2 is 1. The van der Waals surface area contributed by atoms with E-state index >= 15 is 0 Å². The average molecular weight is 158 g/mol. The number of hydrogen-bond donors (Lipinski definition) is 0. The van der Waals surface area contributed by atoms with Crippen LogP contribution in [0, 0.1) is 15.0 Å². The third kappa shape index (κ3) is 1.50. The van der Waals surface area contributed by atoms with Crippen LogP contribution in [0.2, 0.25) is 0 Å². The van der Waals surface area contributed by atoms with Gasteiger partial charge in [-0.05, 0) is 10.1 Å². The Balaban J connectivity index is 2.81. The molecule has 9 heteroatoms. The van der Waals surface area contributed by atoms with Crippen molar-refractivity contribution in [2.45, 2.75) is 6.67 Å². The van der Waals surface area contributed by atoms with E-state index in [2.05, 4.69) is 20.6 Å². The summed E-state index contributed by atoms with van der Waals surface area (Å²) in [5.41, 5.74) is 0. The molecule has 0 aromatic carbocycles. The molecule has 0 unspecified atom stereocenters. The average Bonchev–Trinajstić information content (AvgIpc) is 2.37. The normalized spacial score (nSPS) is 9.45. The van der Waals surface area contributed by atoms with E-state index in [9.17, 15) is 15.0 Å². The summed E-state index contributed by atoms with van der Waals surface area (Å²) in [4.78, 5) is 19.5. The van der Waals surface area contributed by atoms with Crippen molar-refractivity contribution >= 4 is 5.95 Å². The number of hydrogen-bond acceptors (Lipinski definition) is 7. The summed E-state index contributed by atoms with van der Waals surface area (Å²) in [6, 6.07) is 0. The molecule has 1 rings (SSSR count). The predicted octanol–water partition coefficient (Wildman–Crippen LogP) is -0.695. The second-order valence-electron chi connectivity index (χ2n) is 1.49. The zero-order valence-corrected chi connectivity index (χ0v) is 5.12. The molecule has 1 aromatic heterocycles. The predicted molar refractivity (Wildman–Crippen MR) is 30.3 cm³/mol. The van der Waals surface area contributed by atoms with Gasteiger partial charge in [-0.1, -0.05) is 4.80 Å². The third-order valence-corrected chi connectivity index (χ3v) is 0.790. The van der Waals surface area contributed by atoms with Gasteiger partial charge < -0.3 is 10.1 Å². The molecule has 1 heterocycles. The summed E-state index contributed by atoms with van der Waals surface area (Å²) in [5, 5.41) is 21.7. The van der Waals surface area contributed by atoms with Gasteiger partial charge in [-0.15, -0.1) is 4.91 Å². The van der Waals surface area contributed by atoms with Crippen LogP contribution in [0.4, 0.5) is 5.95 Å². The molecule has 0 aliphatic heterocycles. The Morgan fingerprint density at radius 3 is 2.91 bits per heavy atom. The van der Waals surface area contributed by atoms with Crippen LogP contribution < -0.4 is 0 Å². The molecule has 0 aliphatic rings. The van der Waals surface area contributed by atoms with E-state index in [0.29, 0.717) is 0 Å². The van der Waals surface area contributed by atoms with Crippen molar-refractivity contribution in [3.05, 3.63) is 15.0 Å². The molecule has 0 amide bonds. The molecule has 0 radical (unpaired) electrons. The largest absolute Gasteiger partial charge is 0.514 e. The summed E-state index contributed by atoms with van der Waals surface area (Å²) in [6.07, 6.45) is 0. The molecule has 0 aliphatic carbocycles. The molecule has 0 saturated heterocycles. The van der Waals surface area contributed by atoms with Gasteiger partial charge in [0.05, 0.1) is 10.2 Å². The van der Waals surface area contributed by atoms with E-state index in [4.69, 9.17) is 0 Å². The summed E-state index contributed by atoms with van der Waals surface area (Å²) in [6.45, 7) is -0.374. The molecule has 0 N–H and O–H groups in total. The number of aromatic nitrogens is 4. The quantitative estimate of drug-likeness (QED) is 0.326. The topological polar surface area (TPSA) is 116 Å². The van der Waals surface area contributed by atoms with E-state index < -0.39 is 10.9 Å². The van der Waals surface area contributed by atoms with Crippen molar-refractivity contribution in [2.75, 3.05) is 0 Å². The molecule has 9 nitrogen and oxygen atoms in total. The van der Waals surface area contributed by atoms with E-state index in [1.54, 1.807) is 0 Å². The van der Waals surface area contributed by atoms with Crippen LogP contribution in [0.3, 0.4) is 0 Å². The van der Waals surface area contributed by atoms with Gasteiger partial charge >= 0.3 is 5.95 Å². The Hall–Kier alpha value is -1.93. The van der Waals surface area contributed by atoms with Crippen LogP contribution in [0.25, 0.3) is 0 Å². The molecule has 0 saturated carbocycles. The highest BCUT2D eigenvalue weighted by atomic mass is 16.6. The standard InChI is InChI=1S/C2H2N6O3/c9-3-1-7-5-2(4-6-7)8(10)11/h1H2. The van der Waals surface area contributed by atoms with Crippen LogP contribution >= 0.6 is 0 Å². The lowest BCUT2D eigenvalue weighted by atomic mass is 11.1. The molecular weight excluding hydrogens is 156 g/mol. The van der Waals surface area contributed by atoms with Crippen LogP contribution in [-0.4, -0.2) is 25.1 Å². The molecule has 0 atom stereocenters. The smallest absolute Gasteiger partial charge is 0.390 e. The second kappa shape index (κ2) is 2.77. The van der Waals surface area contributed by atoms with Crippen molar-refractivity contribution in [1.29, 1.82) is 0 Å². The first-order valence-corrected chi connectivity index (χ1v) is 2.45. The summed E-state index contributed by atoms with van der Waals surface area (Å²) < 4.78 is 0. The molecule has 11 heavy (non-hydrogen) atoms. The van der Waals surface area contributed by atoms with E-state index in [1.165, 1.54) is 0 Å². The monoisotopic (exact) mass is 158 g/mol. The first-order valence-electron chi connectivity index (χ1n) is 2.45. The van der Waals surface area contributed by atoms with Gasteiger partial charge in [-0.2, -0.15) is 0 Å². The maximum absolute atomic E-state index is 9.94. The van der Waals surface area contributed by atoms with Crippen molar-refractivity contribution in [3.63, 3.8) is 0 Å². The number of rotatable bonds is 3. The van der Waals surface area contributed by atoms with Crippen LogP contribution in [0.15, 0.2) is 5.18 Å². The van der Waals surface area contributed by atoms with Gasteiger partial charge in [0.15, 0.2) is 0 Å². The Bertz CT molecular complexity index is 279. The Labute approximate surface area is 59.1 Å². The van der Waals surface area contributed by atoms with Gasteiger partial charge in [0.25, 0.3) is 0 Å². The highest BCUT2D eigenvalue weighted by Gasteiger charge is 2.14. The molecule has 0 spiro atoms. The fraction of sp³-hybridized carbons (Fsp3) is 0.500. The minimum absolute atomic E-state index is 0.374. The summed E-state index contributed by atoms with van der Waals surface area (Å²) in [5.74, 6) is -0.645. The zero-order chi connectivity index (χ0) is 8.27. The lowest BCUT2D eigenvalue weighted by Gasteiger charge is -1.81. The van der Waals surface area contributed by atoms with Crippen molar-refractivity contribution in [2.24, 2.45) is 5.18 Å². The minimum atomic E-state index is -0.811. The molecule has 58 valence electrons. The summed E-state index contributed by atoms with van der Waals surface area (Å²) >= 11 is 0. The Morgan fingerprint density at radius 2 is 2.45 bits per heavy atom. The lowest BCUT2D eigenvalue weighted by molar-refractivity contribution is -0.394. The Kier molecular flexibility index (Phi) is 1.81. The van der Waals surface area contributed by atoms with Gasteiger partial charge in [0, 0.05) is 5.21 Å². The van der Waals surface area contributed by atoms with Gasteiger partial charge in [0.2, 0.25) is 6.67 Å². The van der Waals surface area contributed by atoms with Crippen LogP contribution in [0.5, 0.6) is 0 Å². The number of nitro groups is 1. The van der Waals surface area contributed by atoms with Crippen molar-refractivity contribution in [3.8, 4) is 0 Å². The number of tetrazole rings is 1. The lowest BCUT2D eigenvalue weighted by Crippen LogP contribution is -1.99. The Morgan fingerprint density at radius 1 is 1.73 bits per heavy atom. The minimum Gasteiger partial charge on any atom is -0.390 e. The number of nitrogens with zero attached hydrogens (tertiary/aromatic N) is 6. The van der Waals surface area contributed by atoms with E-state index in [1.807, 2.05) is 0 Å². The van der Waals surface area contributed by atoms with Crippen molar-refractivity contribution < 1.29 is 4.92 Å². The first-order chi connectivity index (χ1) is 5.24. The maximum Gasteiger partial charge on any atom is 0.514 e. The molecular formula is C2H2N6O3. The molecule has 1 aromatic rings. The fourth-order valence-corrected chi connectivity index (χ4v) is 0.419. The fourth-order valence-electron chi connectivity index (χ4n) is 0.419. The maximum atomic E-state index is 9.94. The van der Waals surface area contributed by atoms with Gasteiger partial charge in [-0.3, -0.25) is 0 Å². The van der Waals surface area contributed by atoms with Gasteiger partial charge in [-0.25, -0.2) is 0 Å². The van der Waals surface area contributed by atoms with E-state index in [0.717, 1.165) is 4.80 Å². The van der Waals surface area contributed by atoms with Gasteiger partial charge in [0.1, 0.15) is 0 Å². The third-order valence-electron chi connectivity index (χ3n) is 0.790. The zero-order valence-electron chi connectivity index (χ0n) is 5.12.